The zero-order valence-electron chi connectivity index (χ0n) is 14.3. The molecule has 0 amide bonds. The number of H-pyrrole nitrogens is 1. The maximum Gasteiger partial charge on any atom is 0.328 e. The van der Waals surface area contributed by atoms with Gasteiger partial charge in [-0.25, -0.2) is 17.9 Å². The van der Waals surface area contributed by atoms with Crippen LogP contribution in [0.25, 0.3) is 11.0 Å². The fraction of sp³-hybridized carbons (Fsp3) is 0.375. The van der Waals surface area contributed by atoms with Crippen LogP contribution in [0.4, 0.5) is 0 Å². The van der Waals surface area contributed by atoms with E-state index in [1.165, 1.54) is 15.2 Å². The van der Waals surface area contributed by atoms with Gasteiger partial charge in [0.1, 0.15) is 0 Å². The first-order valence-electron chi connectivity index (χ1n) is 8.19. The summed E-state index contributed by atoms with van der Waals surface area (Å²) in [6.07, 6.45) is 4.15. The van der Waals surface area contributed by atoms with Crippen molar-refractivity contribution in [3.05, 3.63) is 44.5 Å². The Bertz CT molecular complexity index is 1170. The second kappa shape index (κ2) is 6.07. The van der Waals surface area contributed by atoms with Gasteiger partial charge in [-0.1, -0.05) is 0 Å². The van der Waals surface area contributed by atoms with Crippen LogP contribution in [0.15, 0.2) is 32.5 Å². The maximum atomic E-state index is 13.0. The van der Waals surface area contributed by atoms with Crippen LogP contribution >= 0.6 is 15.9 Å². The van der Waals surface area contributed by atoms with E-state index in [1.807, 2.05) is 0 Å². The summed E-state index contributed by atoms with van der Waals surface area (Å²) in [6.45, 7) is 0. The minimum absolute atomic E-state index is 0.113. The van der Waals surface area contributed by atoms with Crippen molar-refractivity contribution in [1.29, 1.82) is 0 Å². The van der Waals surface area contributed by atoms with E-state index in [0.717, 1.165) is 30.5 Å². The van der Waals surface area contributed by atoms with E-state index in [1.54, 1.807) is 26.4 Å². The molecule has 10 heteroatoms. The third kappa shape index (κ3) is 2.63. The first kappa shape index (κ1) is 17.5. The van der Waals surface area contributed by atoms with Crippen LogP contribution in [0.5, 0.6) is 0 Å². The molecule has 0 saturated heterocycles. The number of halogens is 1. The third-order valence-corrected chi connectivity index (χ3v) is 7.39. The smallest absolute Gasteiger partial charge is 0.295 e. The highest BCUT2D eigenvalue weighted by atomic mass is 79.9. The van der Waals surface area contributed by atoms with Crippen molar-refractivity contribution in [3.8, 4) is 0 Å². The van der Waals surface area contributed by atoms with E-state index >= 15 is 0 Å². The Morgan fingerprint density at radius 3 is 2.69 bits per heavy atom. The molecule has 8 nitrogen and oxygen atoms in total. The number of rotatable bonds is 3. The largest absolute Gasteiger partial charge is 0.328 e. The second-order valence-electron chi connectivity index (χ2n) is 6.54. The number of aryl methyl sites for hydroxylation is 3. The molecule has 26 heavy (non-hydrogen) atoms. The lowest BCUT2D eigenvalue weighted by Gasteiger charge is -2.23. The number of hydrogen-bond donors (Lipinski definition) is 2. The summed E-state index contributed by atoms with van der Waals surface area (Å²) >= 11 is 3.35. The van der Waals surface area contributed by atoms with Gasteiger partial charge in [0.05, 0.1) is 28.2 Å². The van der Waals surface area contributed by atoms with Crippen LogP contribution in [0.2, 0.25) is 0 Å². The topological polar surface area (TPSA) is 102 Å². The Balaban J connectivity index is 1.79. The molecule has 0 saturated carbocycles. The van der Waals surface area contributed by atoms with Gasteiger partial charge in [0.25, 0.3) is 0 Å². The number of benzene rings is 1. The van der Waals surface area contributed by atoms with Crippen LogP contribution in [-0.4, -0.2) is 27.7 Å². The molecular weight excluding hydrogens is 422 g/mol. The molecule has 2 heterocycles. The molecule has 1 aromatic carbocycles. The number of aromatic nitrogens is 4. The van der Waals surface area contributed by atoms with Crippen molar-refractivity contribution in [2.75, 3.05) is 0 Å². The number of nitrogens with one attached hydrogen (secondary N) is 2. The van der Waals surface area contributed by atoms with Gasteiger partial charge in [-0.2, -0.15) is 5.10 Å². The lowest BCUT2D eigenvalue weighted by atomic mass is 9.94. The second-order valence-corrected chi connectivity index (χ2v) is 9.08. The Morgan fingerprint density at radius 1 is 1.27 bits per heavy atom. The van der Waals surface area contributed by atoms with Crippen LogP contribution in [0.1, 0.15) is 30.1 Å². The van der Waals surface area contributed by atoms with Gasteiger partial charge in [0.2, 0.25) is 10.0 Å². The number of aromatic amines is 1. The van der Waals surface area contributed by atoms with Gasteiger partial charge >= 0.3 is 5.69 Å². The number of fused-ring (bicyclic) bond motifs is 2. The van der Waals surface area contributed by atoms with Crippen molar-refractivity contribution in [3.63, 3.8) is 0 Å². The van der Waals surface area contributed by atoms with Gasteiger partial charge in [-0.3, -0.25) is 14.2 Å². The molecule has 0 radical (unpaired) electrons. The summed E-state index contributed by atoms with van der Waals surface area (Å²) in [6, 6.07) is 2.88. The van der Waals surface area contributed by atoms with E-state index in [-0.39, 0.29) is 16.6 Å². The first-order valence-corrected chi connectivity index (χ1v) is 10.5. The summed E-state index contributed by atoms with van der Waals surface area (Å²) in [4.78, 5) is 12.2. The Labute approximate surface area is 158 Å². The van der Waals surface area contributed by atoms with Gasteiger partial charge in [-0.05, 0) is 47.3 Å². The van der Waals surface area contributed by atoms with Crippen molar-refractivity contribution >= 4 is 37.0 Å². The van der Waals surface area contributed by atoms with Crippen LogP contribution in [0.3, 0.4) is 0 Å². The minimum Gasteiger partial charge on any atom is -0.295 e. The number of nitrogens with zero attached hydrogens (tertiary/aromatic N) is 3. The predicted octanol–water partition coefficient (Wildman–Crippen LogP) is 1.72. The molecule has 2 aromatic heterocycles. The average molecular weight is 440 g/mol. The normalized spacial score (nSPS) is 17.6. The SMILES string of the molecule is Cn1c(=O)n(C)c2cc(S(=O)(=O)NC3CCCc4[nH]ncc43)c(Br)cc21. The quantitative estimate of drug-likeness (QED) is 0.648. The van der Waals surface area contributed by atoms with Gasteiger partial charge in [-0.15, -0.1) is 0 Å². The van der Waals surface area contributed by atoms with Crippen LogP contribution < -0.4 is 10.4 Å². The zero-order valence-corrected chi connectivity index (χ0v) is 16.7. The molecule has 138 valence electrons. The monoisotopic (exact) mass is 439 g/mol. The van der Waals surface area contributed by atoms with Crippen molar-refractivity contribution in [2.45, 2.75) is 30.2 Å². The summed E-state index contributed by atoms with van der Waals surface area (Å²) in [5.74, 6) is 0. The summed E-state index contributed by atoms with van der Waals surface area (Å²) in [7, 11) is -0.501. The van der Waals surface area contributed by atoms with Gasteiger partial charge in [0, 0.05) is 29.8 Å². The molecule has 1 unspecified atom stereocenters. The standard InChI is InChI=1S/C16H18BrN5O3S/c1-21-13-6-10(17)15(7-14(13)22(2)16(21)23)26(24,25)20-12-5-3-4-11-9(12)8-18-19-11/h6-8,12,20H,3-5H2,1-2H3,(H,18,19). The van der Waals surface area contributed by atoms with E-state index in [2.05, 4.69) is 30.8 Å². The number of sulfonamides is 1. The molecule has 0 fully saturated rings. The van der Waals surface area contributed by atoms with Crippen LogP contribution in [0, 0.1) is 0 Å². The molecule has 2 N–H and O–H groups in total. The number of imidazole rings is 1. The maximum absolute atomic E-state index is 13.0. The molecule has 1 atom stereocenters. The Kier molecular flexibility index (Phi) is 4.08. The summed E-state index contributed by atoms with van der Waals surface area (Å²) in [5, 5.41) is 6.96. The van der Waals surface area contributed by atoms with Crippen molar-refractivity contribution < 1.29 is 8.42 Å². The highest BCUT2D eigenvalue weighted by Gasteiger charge is 2.29. The molecule has 4 rings (SSSR count). The van der Waals surface area contributed by atoms with E-state index in [9.17, 15) is 13.2 Å². The first-order chi connectivity index (χ1) is 12.3. The Hall–Kier alpha value is -1.91. The fourth-order valence-corrected chi connectivity index (χ4v) is 5.84. The van der Waals surface area contributed by atoms with Gasteiger partial charge < -0.3 is 0 Å². The van der Waals surface area contributed by atoms with E-state index < -0.39 is 10.0 Å². The lowest BCUT2D eigenvalue weighted by Crippen LogP contribution is -2.31. The lowest BCUT2D eigenvalue weighted by molar-refractivity contribution is 0.505. The molecule has 3 aromatic rings. The molecular formula is C16H18BrN5O3S. The average Bonchev–Trinajstić information content (AvgIpc) is 3.15. The molecule has 0 aliphatic heterocycles. The van der Waals surface area contributed by atoms with Crippen molar-refractivity contribution in [1.82, 2.24) is 24.1 Å². The molecule has 1 aliphatic rings. The summed E-state index contributed by atoms with van der Waals surface area (Å²) in [5.41, 5.74) is 2.89. The van der Waals surface area contributed by atoms with Gasteiger partial charge in [0.15, 0.2) is 0 Å². The minimum atomic E-state index is -3.79. The highest BCUT2D eigenvalue weighted by molar-refractivity contribution is 9.10. The summed E-state index contributed by atoms with van der Waals surface area (Å²) < 4.78 is 32.2. The van der Waals surface area contributed by atoms with Crippen molar-refractivity contribution in [2.24, 2.45) is 14.1 Å². The number of hydrogen-bond acceptors (Lipinski definition) is 4. The highest BCUT2D eigenvalue weighted by Crippen LogP contribution is 2.32. The predicted molar refractivity (Wildman–Crippen MR) is 100 cm³/mol. The molecule has 0 spiro atoms. The van der Waals surface area contributed by atoms with Crippen LogP contribution in [-0.2, 0) is 30.5 Å². The third-order valence-electron chi connectivity index (χ3n) is 4.96. The fourth-order valence-electron chi connectivity index (χ4n) is 3.54. The zero-order chi connectivity index (χ0) is 18.6. The van der Waals surface area contributed by atoms with E-state index in [0.29, 0.717) is 15.5 Å². The van der Waals surface area contributed by atoms with E-state index in [4.69, 9.17) is 0 Å². The Morgan fingerprint density at radius 2 is 1.96 bits per heavy atom. The molecule has 1 aliphatic carbocycles. The molecule has 0 bridgehead atoms.